The van der Waals surface area contributed by atoms with Crippen LogP contribution < -0.4 is 9.47 Å². The highest BCUT2D eigenvalue weighted by molar-refractivity contribution is 8.13. The lowest BCUT2D eigenvalue weighted by molar-refractivity contribution is 0.317. The van der Waals surface area contributed by atoms with Crippen molar-refractivity contribution in [1.82, 2.24) is 0 Å². The van der Waals surface area contributed by atoms with Crippen molar-refractivity contribution in [2.24, 2.45) is 0 Å². The van der Waals surface area contributed by atoms with Gasteiger partial charge >= 0.3 is 0 Å². The topological polar surface area (TPSA) is 52.6 Å². The highest BCUT2D eigenvalue weighted by atomic mass is 35.7. The van der Waals surface area contributed by atoms with Gasteiger partial charge in [0.2, 0.25) is 0 Å². The first-order valence-electron chi connectivity index (χ1n) is 4.83. The van der Waals surface area contributed by atoms with Gasteiger partial charge in [-0.2, -0.15) is 0 Å². The van der Waals surface area contributed by atoms with Crippen molar-refractivity contribution in [2.75, 3.05) is 13.2 Å². The van der Waals surface area contributed by atoms with Gasteiger partial charge in [-0.1, -0.05) is 0 Å². The number of hydrogen-bond donors (Lipinski definition) is 0. The fourth-order valence-electron chi connectivity index (χ4n) is 1.21. The van der Waals surface area contributed by atoms with Crippen LogP contribution in [0.2, 0.25) is 0 Å². The quantitative estimate of drug-likeness (QED) is 0.767. The molecular formula is C10H13ClO4S. The number of ether oxygens (including phenoxy) is 2. The summed E-state index contributed by atoms with van der Waals surface area (Å²) < 4.78 is 32.9. The van der Waals surface area contributed by atoms with Crippen molar-refractivity contribution >= 4 is 19.7 Å². The van der Waals surface area contributed by atoms with E-state index in [1.165, 1.54) is 12.1 Å². The van der Waals surface area contributed by atoms with Gasteiger partial charge in [0.15, 0.2) is 0 Å². The summed E-state index contributed by atoms with van der Waals surface area (Å²) in [4.78, 5) is -0.0422. The molecule has 0 aliphatic rings. The molecule has 1 rings (SSSR count). The van der Waals surface area contributed by atoms with E-state index in [9.17, 15) is 8.42 Å². The molecule has 6 heteroatoms. The minimum Gasteiger partial charge on any atom is -0.494 e. The fraction of sp³-hybridized carbons (Fsp3) is 0.400. The molecule has 0 N–H and O–H groups in total. The molecule has 0 aromatic heterocycles. The Hall–Kier alpha value is -0.940. The van der Waals surface area contributed by atoms with Gasteiger partial charge in [-0.05, 0) is 26.0 Å². The average molecular weight is 265 g/mol. The Balaban J connectivity index is 3.19. The van der Waals surface area contributed by atoms with Gasteiger partial charge in [0.05, 0.1) is 13.2 Å². The van der Waals surface area contributed by atoms with Gasteiger partial charge in [-0.25, -0.2) is 8.42 Å². The lowest BCUT2D eigenvalue weighted by Crippen LogP contribution is -2.00. The first-order valence-corrected chi connectivity index (χ1v) is 7.14. The summed E-state index contributed by atoms with van der Waals surface area (Å²) in [5.74, 6) is 0.762. The Labute approximate surface area is 99.6 Å². The van der Waals surface area contributed by atoms with Gasteiger partial charge in [0, 0.05) is 16.7 Å². The zero-order chi connectivity index (χ0) is 12.2. The zero-order valence-corrected chi connectivity index (χ0v) is 10.6. The number of rotatable bonds is 5. The smallest absolute Gasteiger partial charge is 0.264 e. The first-order chi connectivity index (χ1) is 7.49. The van der Waals surface area contributed by atoms with Gasteiger partial charge in [-0.15, -0.1) is 0 Å². The molecule has 0 heterocycles. The van der Waals surface area contributed by atoms with E-state index in [1.807, 2.05) is 6.92 Å². The van der Waals surface area contributed by atoms with Crippen molar-refractivity contribution in [3.05, 3.63) is 18.2 Å². The van der Waals surface area contributed by atoms with Crippen molar-refractivity contribution in [1.29, 1.82) is 0 Å². The molecule has 0 bridgehead atoms. The Bertz CT molecular complexity index is 456. The molecule has 0 aliphatic carbocycles. The largest absolute Gasteiger partial charge is 0.494 e. The summed E-state index contributed by atoms with van der Waals surface area (Å²) in [5.41, 5.74) is 0. The normalized spacial score (nSPS) is 11.2. The molecule has 0 fully saturated rings. The number of hydrogen-bond acceptors (Lipinski definition) is 4. The second-order valence-electron chi connectivity index (χ2n) is 2.91. The summed E-state index contributed by atoms with van der Waals surface area (Å²) in [6.45, 7) is 4.46. The van der Waals surface area contributed by atoms with E-state index < -0.39 is 9.05 Å². The summed E-state index contributed by atoms with van der Waals surface area (Å²) in [6.07, 6.45) is 0. The molecule has 1 aromatic rings. The van der Waals surface area contributed by atoms with Crippen LogP contribution in [0.3, 0.4) is 0 Å². The van der Waals surface area contributed by atoms with Gasteiger partial charge in [0.25, 0.3) is 9.05 Å². The molecule has 0 saturated heterocycles. The maximum Gasteiger partial charge on any atom is 0.264 e. The molecule has 0 atom stereocenters. The molecule has 0 aliphatic heterocycles. The van der Waals surface area contributed by atoms with E-state index in [1.54, 1.807) is 13.0 Å². The van der Waals surface area contributed by atoms with Crippen LogP contribution in [0.25, 0.3) is 0 Å². The van der Waals surface area contributed by atoms with Gasteiger partial charge < -0.3 is 9.47 Å². The van der Waals surface area contributed by atoms with E-state index in [2.05, 4.69) is 0 Å². The van der Waals surface area contributed by atoms with Crippen LogP contribution in [0.4, 0.5) is 0 Å². The van der Waals surface area contributed by atoms with E-state index in [4.69, 9.17) is 20.2 Å². The van der Waals surface area contributed by atoms with E-state index >= 15 is 0 Å². The molecule has 16 heavy (non-hydrogen) atoms. The molecule has 1 aromatic carbocycles. The standard InChI is InChI=1S/C10H13ClO4S/c1-3-14-8-5-6-10(16(11,12)13)9(7-8)15-4-2/h5-7H,3-4H2,1-2H3. The second kappa shape index (κ2) is 5.41. The van der Waals surface area contributed by atoms with Crippen LogP contribution in [0.1, 0.15) is 13.8 Å². The predicted molar refractivity (Wildman–Crippen MR) is 61.8 cm³/mol. The van der Waals surface area contributed by atoms with Gasteiger partial charge in [-0.3, -0.25) is 0 Å². The van der Waals surface area contributed by atoms with Crippen molar-refractivity contribution in [3.63, 3.8) is 0 Å². The summed E-state index contributed by atoms with van der Waals surface area (Å²) in [6, 6.07) is 4.43. The zero-order valence-electron chi connectivity index (χ0n) is 9.07. The number of benzene rings is 1. The number of halogens is 1. The molecule has 0 saturated carbocycles. The summed E-state index contributed by atoms with van der Waals surface area (Å²) in [7, 11) is 1.48. The van der Waals surface area contributed by atoms with Crippen LogP contribution >= 0.6 is 10.7 Å². The Morgan fingerprint density at radius 3 is 2.31 bits per heavy atom. The van der Waals surface area contributed by atoms with Crippen LogP contribution in [0.5, 0.6) is 11.5 Å². The highest BCUT2D eigenvalue weighted by Gasteiger charge is 2.17. The van der Waals surface area contributed by atoms with Gasteiger partial charge in [0.1, 0.15) is 16.4 Å². The Kier molecular flexibility index (Phi) is 4.44. The fourth-order valence-corrected chi connectivity index (χ4v) is 2.19. The molecule has 0 spiro atoms. The van der Waals surface area contributed by atoms with E-state index in [0.717, 1.165) is 0 Å². The Morgan fingerprint density at radius 2 is 1.81 bits per heavy atom. The first kappa shape index (κ1) is 13.1. The molecule has 4 nitrogen and oxygen atoms in total. The third-order valence-corrected chi connectivity index (χ3v) is 3.15. The second-order valence-corrected chi connectivity index (χ2v) is 5.45. The highest BCUT2D eigenvalue weighted by Crippen LogP contribution is 2.30. The molecular weight excluding hydrogens is 252 g/mol. The molecule has 0 radical (unpaired) electrons. The van der Waals surface area contributed by atoms with E-state index in [-0.39, 0.29) is 10.6 Å². The maximum atomic E-state index is 11.2. The minimum absolute atomic E-state index is 0.0422. The summed E-state index contributed by atoms with van der Waals surface area (Å²) >= 11 is 0. The van der Waals surface area contributed by atoms with Crippen LogP contribution in [0, 0.1) is 0 Å². The monoisotopic (exact) mass is 264 g/mol. The molecule has 0 unspecified atom stereocenters. The predicted octanol–water partition coefficient (Wildman–Crippen LogP) is 2.41. The third kappa shape index (κ3) is 3.28. The third-order valence-electron chi connectivity index (χ3n) is 1.79. The van der Waals surface area contributed by atoms with Crippen molar-refractivity contribution in [2.45, 2.75) is 18.7 Å². The van der Waals surface area contributed by atoms with E-state index in [0.29, 0.717) is 19.0 Å². The summed E-state index contributed by atoms with van der Waals surface area (Å²) in [5, 5.41) is 0. The maximum absolute atomic E-state index is 11.2. The SMILES string of the molecule is CCOc1ccc(S(=O)(=O)Cl)c(OCC)c1. The Morgan fingerprint density at radius 1 is 1.19 bits per heavy atom. The lowest BCUT2D eigenvalue weighted by Gasteiger charge is -2.10. The van der Waals surface area contributed by atoms with Crippen molar-refractivity contribution in [3.8, 4) is 11.5 Å². The minimum atomic E-state index is -3.80. The molecule has 0 amide bonds. The van der Waals surface area contributed by atoms with Crippen LogP contribution in [-0.2, 0) is 9.05 Å². The van der Waals surface area contributed by atoms with Crippen LogP contribution in [-0.4, -0.2) is 21.6 Å². The lowest BCUT2D eigenvalue weighted by atomic mass is 10.3. The van der Waals surface area contributed by atoms with Crippen molar-refractivity contribution < 1.29 is 17.9 Å². The van der Waals surface area contributed by atoms with Crippen LogP contribution in [0.15, 0.2) is 23.1 Å². The average Bonchev–Trinajstić information content (AvgIpc) is 2.17. The molecule has 90 valence electrons.